The first-order valence-electron chi connectivity index (χ1n) is 12.1. The molecule has 1 aliphatic rings. The fraction of sp³-hybridized carbons (Fsp3) is 0.207. The summed E-state index contributed by atoms with van der Waals surface area (Å²) in [5.41, 5.74) is 3.34. The Balaban J connectivity index is 1.63. The maximum Gasteiger partial charge on any atom is 0.356 e. The first-order chi connectivity index (χ1) is 18.1. The van der Waals surface area contributed by atoms with Crippen molar-refractivity contribution < 1.29 is 14.3 Å². The molecule has 37 heavy (non-hydrogen) atoms. The summed E-state index contributed by atoms with van der Waals surface area (Å²) in [5, 5.41) is 21.7. The van der Waals surface area contributed by atoms with Crippen LogP contribution in [0.2, 0.25) is 0 Å². The van der Waals surface area contributed by atoms with E-state index in [1.807, 2.05) is 24.3 Å². The van der Waals surface area contributed by atoms with E-state index < -0.39 is 5.97 Å². The van der Waals surface area contributed by atoms with Crippen molar-refractivity contribution >= 4 is 38.7 Å². The standard InChI is InChI=1S/C29H21N5O3/c1-2-36-29(35)23-11-10-21-25(32-23)22-12-19(37-15-16-6-7-16)8-9-20(22)26-27(21)34-28(33-26)24-17(13-30)4-3-5-18(24)14-31/h3-5,8-12,16H,2,6-7,15H2,1H3,(H,33,34). The van der Waals surface area contributed by atoms with Crippen molar-refractivity contribution in [3.8, 4) is 29.3 Å². The maximum atomic E-state index is 12.5. The van der Waals surface area contributed by atoms with Gasteiger partial charge in [-0.25, -0.2) is 14.8 Å². The molecule has 8 nitrogen and oxygen atoms in total. The monoisotopic (exact) mass is 487 g/mol. The van der Waals surface area contributed by atoms with Gasteiger partial charge in [0.1, 0.15) is 17.3 Å². The number of nitrogens with one attached hydrogen (secondary N) is 1. The molecule has 2 heterocycles. The molecule has 0 atom stereocenters. The Bertz CT molecular complexity index is 1770. The van der Waals surface area contributed by atoms with Gasteiger partial charge in [0.2, 0.25) is 0 Å². The second-order valence-corrected chi connectivity index (χ2v) is 9.04. The van der Waals surface area contributed by atoms with Crippen LogP contribution in [0.5, 0.6) is 5.75 Å². The zero-order valence-electron chi connectivity index (χ0n) is 20.0. The van der Waals surface area contributed by atoms with E-state index in [0.717, 1.165) is 21.9 Å². The van der Waals surface area contributed by atoms with Gasteiger partial charge in [-0.1, -0.05) is 6.07 Å². The molecule has 8 heteroatoms. The number of hydrogen-bond acceptors (Lipinski definition) is 7. The van der Waals surface area contributed by atoms with E-state index >= 15 is 0 Å². The van der Waals surface area contributed by atoms with E-state index in [-0.39, 0.29) is 12.3 Å². The molecule has 180 valence electrons. The van der Waals surface area contributed by atoms with Crippen LogP contribution in [0.25, 0.3) is 44.1 Å². The van der Waals surface area contributed by atoms with Gasteiger partial charge in [0.05, 0.1) is 58.6 Å². The molecule has 0 aliphatic heterocycles. The fourth-order valence-electron chi connectivity index (χ4n) is 4.57. The number of esters is 1. The van der Waals surface area contributed by atoms with E-state index in [1.54, 1.807) is 31.2 Å². The molecule has 0 bridgehead atoms. The van der Waals surface area contributed by atoms with Crippen molar-refractivity contribution in [2.24, 2.45) is 5.92 Å². The van der Waals surface area contributed by atoms with Gasteiger partial charge in [0.15, 0.2) is 0 Å². The summed E-state index contributed by atoms with van der Waals surface area (Å²) in [4.78, 5) is 25.4. The van der Waals surface area contributed by atoms with E-state index in [0.29, 0.717) is 51.6 Å². The highest BCUT2D eigenvalue weighted by Gasteiger charge is 2.23. The van der Waals surface area contributed by atoms with Crippen LogP contribution in [0.3, 0.4) is 0 Å². The van der Waals surface area contributed by atoms with Gasteiger partial charge in [-0.3, -0.25) is 0 Å². The Morgan fingerprint density at radius 2 is 1.76 bits per heavy atom. The number of aromatic amines is 1. The number of benzene rings is 3. The molecular formula is C29H21N5O3. The van der Waals surface area contributed by atoms with E-state index in [1.165, 1.54) is 12.8 Å². The van der Waals surface area contributed by atoms with E-state index in [2.05, 4.69) is 22.1 Å². The first kappa shape index (κ1) is 22.5. The van der Waals surface area contributed by atoms with E-state index in [4.69, 9.17) is 14.5 Å². The van der Waals surface area contributed by atoms with Crippen molar-refractivity contribution in [2.75, 3.05) is 13.2 Å². The average Bonchev–Trinajstić information content (AvgIpc) is 3.66. The quantitative estimate of drug-likeness (QED) is 0.243. The van der Waals surface area contributed by atoms with Crippen LogP contribution in [0.15, 0.2) is 48.5 Å². The number of nitrogens with zero attached hydrogens (tertiary/aromatic N) is 4. The molecule has 3 aromatic carbocycles. The Morgan fingerprint density at radius 1 is 1.00 bits per heavy atom. The Hall–Kier alpha value is -4.95. The number of rotatable bonds is 6. The van der Waals surface area contributed by atoms with Gasteiger partial charge >= 0.3 is 5.97 Å². The number of nitriles is 2. The summed E-state index contributed by atoms with van der Waals surface area (Å²) in [5.74, 6) is 1.25. The number of aromatic nitrogens is 3. The van der Waals surface area contributed by atoms with Crippen LogP contribution in [-0.4, -0.2) is 34.1 Å². The minimum Gasteiger partial charge on any atom is -0.493 e. The van der Waals surface area contributed by atoms with Crippen LogP contribution >= 0.6 is 0 Å². The average molecular weight is 488 g/mol. The molecule has 1 N–H and O–H groups in total. The lowest BCUT2D eigenvalue weighted by molar-refractivity contribution is 0.0520. The second kappa shape index (κ2) is 8.92. The summed E-state index contributed by atoms with van der Waals surface area (Å²) in [7, 11) is 0. The summed E-state index contributed by atoms with van der Waals surface area (Å²) < 4.78 is 11.2. The lowest BCUT2D eigenvalue weighted by Crippen LogP contribution is -2.07. The summed E-state index contributed by atoms with van der Waals surface area (Å²) in [6.45, 7) is 2.67. The summed E-state index contributed by atoms with van der Waals surface area (Å²) in [6.07, 6.45) is 2.37. The van der Waals surface area contributed by atoms with Crippen LogP contribution in [0.1, 0.15) is 41.4 Å². The first-order valence-corrected chi connectivity index (χ1v) is 12.1. The normalized spacial score (nSPS) is 12.9. The largest absolute Gasteiger partial charge is 0.493 e. The van der Waals surface area contributed by atoms with Crippen LogP contribution < -0.4 is 4.74 Å². The second-order valence-electron chi connectivity index (χ2n) is 9.04. The minimum atomic E-state index is -0.495. The lowest BCUT2D eigenvalue weighted by Gasteiger charge is -2.10. The Morgan fingerprint density at radius 3 is 2.46 bits per heavy atom. The molecule has 1 fully saturated rings. The molecule has 0 amide bonds. The maximum absolute atomic E-state index is 12.5. The number of H-pyrrole nitrogens is 1. The Labute approximate surface area is 212 Å². The molecule has 0 spiro atoms. The molecule has 0 saturated heterocycles. The number of imidazole rings is 1. The van der Waals surface area contributed by atoms with Gasteiger partial charge in [-0.15, -0.1) is 0 Å². The summed E-state index contributed by atoms with van der Waals surface area (Å²) in [6, 6.07) is 18.5. The van der Waals surface area contributed by atoms with Gasteiger partial charge in [-0.2, -0.15) is 10.5 Å². The number of fused-ring (bicyclic) bond motifs is 6. The predicted octanol–water partition coefficient (Wildman–Crippen LogP) is 5.64. The molecular weight excluding hydrogens is 466 g/mol. The molecule has 1 aliphatic carbocycles. The van der Waals surface area contributed by atoms with Crippen molar-refractivity contribution in [3.63, 3.8) is 0 Å². The minimum absolute atomic E-state index is 0.209. The number of carbonyl (C=O) groups excluding carboxylic acids is 1. The third-order valence-corrected chi connectivity index (χ3v) is 6.58. The molecule has 2 aromatic heterocycles. The molecule has 1 saturated carbocycles. The van der Waals surface area contributed by atoms with E-state index in [9.17, 15) is 15.3 Å². The molecule has 0 unspecified atom stereocenters. The van der Waals surface area contributed by atoms with Crippen molar-refractivity contribution in [3.05, 3.63) is 65.4 Å². The fourth-order valence-corrected chi connectivity index (χ4v) is 4.57. The van der Waals surface area contributed by atoms with Crippen molar-refractivity contribution in [1.82, 2.24) is 15.0 Å². The number of pyridine rings is 1. The summed E-state index contributed by atoms with van der Waals surface area (Å²) >= 11 is 0. The number of hydrogen-bond donors (Lipinski definition) is 1. The van der Waals surface area contributed by atoms with Crippen LogP contribution in [0.4, 0.5) is 0 Å². The lowest BCUT2D eigenvalue weighted by atomic mass is 10.0. The number of ether oxygens (including phenoxy) is 2. The zero-order valence-corrected chi connectivity index (χ0v) is 20.0. The molecule has 5 aromatic rings. The van der Waals surface area contributed by atoms with Crippen LogP contribution in [0, 0.1) is 28.6 Å². The predicted molar refractivity (Wildman–Crippen MR) is 138 cm³/mol. The topological polar surface area (TPSA) is 125 Å². The highest BCUT2D eigenvalue weighted by molar-refractivity contribution is 6.23. The van der Waals surface area contributed by atoms with Gasteiger partial charge in [-0.05, 0) is 68.1 Å². The molecule has 6 rings (SSSR count). The smallest absolute Gasteiger partial charge is 0.356 e. The number of carbonyl (C=O) groups is 1. The van der Waals surface area contributed by atoms with Gasteiger partial charge in [0.25, 0.3) is 0 Å². The van der Waals surface area contributed by atoms with Gasteiger partial charge < -0.3 is 14.5 Å². The highest BCUT2D eigenvalue weighted by atomic mass is 16.5. The Kier molecular flexibility index (Phi) is 5.43. The van der Waals surface area contributed by atoms with Crippen LogP contribution in [-0.2, 0) is 4.74 Å². The van der Waals surface area contributed by atoms with Gasteiger partial charge in [0, 0.05) is 16.2 Å². The third kappa shape index (κ3) is 3.89. The SMILES string of the molecule is CCOC(=O)c1ccc2c(n1)c1cc(OCC3CC3)ccc1c1nc(-c3c(C#N)cccc3C#N)[nH]c21. The van der Waals surface area contributed by atoms with Crippen molar-refractivity contribution in [2.45, 2.75) is 19.8 Å². The third-order valence-electron chi connectivity index (χ3n) is 6.58. The highest BCUT2D eigenvalue weighted by Crippen LogP contribution is 2.38. The zero-order chi connectivity index (χ0) is 25.5. The molecule has 0 radical (unpaired) electrons. The van der Waals surface area contributed by atoms with Crippen molar-refractivity contribution in [1.29, 1.82) is 10.5 Å².